The van der Waals surface area contributed by atoms with Gasteiger partial charge in [-0.2, -0.15) is 5.10 Å². The third-order valence-electron chi connectivity index (χ3n) is 5.25. The van der Waals surface area contributed by atoms with E-state index in [9.17, 15) is 14.3 Å². The average Bonchev–Trinajstić information content (AvgIpc) is 3.12. The van der Waals surface area contributed by atoms with Gasteiger partial charge in [0.2, 0.25) is 0 Å². The number of halogens is 1. The Labute approximate surface area is 164 Å². The summed E-state index contributed by atoms with van der Waals surface area (Å²) in [6.45, 7) is 3.21. The first-order valence-corrected chi connectivity index (χ1v) is 9.36. The number of anilines is 1. The van der Waals surface area contributed by atoms with Crippen LogP contribution in [-0.4, -0.2) is 50.5 Å². The third-order valence-corrected chi connectivity index (χ3v) is 5.25. The van der Waals surface area contributed by atoms with Gasteiger partial charge in [0, 0.05) is 56.6 Å². The molecule has 3 aromatic heterocycles. The minimum atomic E-state index is -0.786. The second kappa shape index (κ2) is 6.56. The summed E-state index contributed by atoms with van der Waals surface area (Å²) >= 11 is 0. The van der Waals surface area contributed by atoms with Crippen LogP contribution in [0.1, 0.15) is 0 Å². The first-order chi connectivity index (χ1) is 14.0. The number of phenols is 1. The summed E-state index contributed by atoms with van der Waals surface area (Å²) < 4.78 is 17.5. The highest BCUT2D eigenvalue weighted by molar-refractivity contribution is 5.88. The molecule has 0 saturated carbocycles. The predicted molar refractivity (Wildman–Crippen MR) is 108 cm³/mol. The van der Waals surface area contributed by atoms with Crippen molar-refractivity contribution in [3.8, 4) is 17.0 Å². The van der Waals surface area contributed by atoms with Crippen molar-refractivity contribution in [3.63, 3.8) is 0 Å². The SMILES string of the molecule is Cn1cc2cc(-c3ccn4c(=O)c(N5CCNCC5)ccc4n3)c(O)c(F)c2n1. The number of rotatable bonds is 2. The Morgan fingerprint density at radius 3 is 2.79 bits per heavy atom. The van der Waals surface area contributed by atoms with Crippen molar-refractivity contribution >= 4 is 22.2 Å². The van der Waals surface area contributed by atoms with Gasteiger partial charge in [-0.3, -0.25) is 13.9 Å². The van der Waals surface area contributed by atoms with Crippen LogP contribution in [0.5, 0.6) is 5.75 Å². The zero-order chi connectivity index (χ0) is 20.1. The van der Waals surface area contributed by atoms with Gasteiger partial charge in [-0.1, -0.05) is 0 Å². The van der Waals surface area contributed by atoms with E-state index in [2.05, 4.69) is 20.3 Å². The van der Waals surface area contributed by atoms with E-state index >= 15 is 0 Å². The molecule has 1 aromatic carbocycles. The Bertz CT molecular complexity index is 1310. The number of fused-ring (bicyclic) bond motifs is 2. The van der Waals surface area contributed by atoms with E-state index in [1.165, 1.54) is 9.08 Å². The average molecular weight is 394 g/mol. The molecule has 1 fully saturated rings. The van der Waals surface area contributed by atoms with E-state index in [4.69, 9.17) is 0 Å². The van der Waals surface area contributed by atoms with Gasteiger partial charge in [0.1, 0.15) is 16.9 Å². The molecule has 1 saturated heterocycles. The van der Waals surface area contributed by atoms with Crippen molar-refractivity contribution in [2.45, 2.75) is 0 Å². The summed E-state index contributed by atoms with van der Waals surface area (Å²) in [7, 11) is 1.69. The monoisotopic (exact) mass is 394 g/mol. The van der Waals surface area contributed by atoms with Gasteiger partial charge in [0.05, 0.1) is 5.69 Å². The zero-order valence-corrected chi connectivity index (χ0v) is 15.8. The molecule has 5 rings (SSSR count). The topological polar surface area (TPSA) is 87.7 Å². The van der Waals surface area contributed by atoms with Crippen LogP contribution in [0.25, 0.3) is 27.8 Å². The first kappa shape index (κ1) is 17.6. The number of benzene rings is 1. The predicted octanol–water partition coefficient (Wildman–Crippen LogP) is 1.50. The second-order valence-corrected chi connectivity index (χ2v) is 7.13. The lowest BCUT2D eigenvalue weighted by Gasteiger charge is -2.28. The lowest BCUT2D eigenvalue weighted by molar-refractivity contribution is 0.437. The Morgan fingerprint density at radius 1 is 1.21 bits per heavy atom. The molecule has 9 heteroatoms. The van der Waals surface area contributed by atoms with Gasteiger partial charge in [0.15, 0.2) is 11.6 Å². The highest BCUT2D eigenvalue weighted by atomic mass is 19.1. The number of nitrogens with one attached hydrogen (secondary N) is 1. The van der Waals surface area contributed by atoms with Gasteiger partial charge in [-0.25, -0.2) is 9.37 Å². The summed E-state index contributed by atoms with van der Waals surface area (Å²) in [6.07, 6.45) is 3.28. The maximum Gasteiger partial charge on any atom is 0.279 e. The molecular weight excluding hydrogens is 375 g/mol. The smallest absolute Gasteiger partial charge is 0.279 e. The Balaban J connectivity index is 1.63. The lowest BCUT2D eigenvalue weighted by Crippen LogP contribution is -2.45. The van der Waals surface area contributed by atoms with Crippen molar-refractivity contribution in [1.29, 1.82) is 0 Å². The van der Waals surface area contributed by atoms with Crippen LogP contribution in [0.4, 0.5) is 10.1 Å². The van der Waals surface area contributed by atoms with Crippen LogP contribution >= 0.6 is 0 Å². The molecule has 29 heavy (non-hydrogen) atoms. The van der Waals surface area contributed by atoms with Crippen LogP contribution < -0.4 is 15.8 Å². The van der Waals surface area contributed by atoms with Gasteiger partial charge < -0.3 is 15.3 Å². The highest BCUT2D eigenvalue weighted by Gasteiger charge is 2.19. The third kappa shape index (κ3) is 2.82. The summed E-state index contributed by atoms with van der Waals surface area (Å²) in [5.41, 5.74) is 1.64. The zero-order valence-electron chi connectivity index (χ0n) is 15.8. The first-order valence-electron chi connectivity index (χ1n) is 9.36. The lowest BCUT2D eigenvalue weighted by atomic mass is 10.1. The van der Waals surface area contributed by atoms with Crippen molar-refractivity contribution in [2.24, 2.45) is 7.05 Å². The molecule has 0 radical (unpaired) electrons. The van der Waals surface area contributed by atoms with E-state index in [1.54, 1.807) is 43.7 Å². The van der Waals surface area contributed by atoms with Crippen LogP contribution in [-0.2, 0) is 7.05 Å². The van der Waals surface area contributed by atoms with Crippen LogP contribution in [0.2, 0.25) is 0 Å². The number of pyridine rings is 1. The Kier molecular flexibility index (Phi) is 3.99. The molecule has 0 unspecified atom stereocenters. The standard InChI is InChI=1S/C20H19FN6O2/c1-25-11-12-10-13(19(28)17(21)18(12)24-25)14-4-7-27-16(23-14)3-2-15(20(27)29)26-8-5-22-6-9-26/h2-4,7,10-11,22,28H,5-6,8-9H2,1H3. The maximum atomic E-state index is 14.6. The van der Waals surface area contributed by atoms with E-state index in [0.717, 1.165) is 26.2 Å². The van der Waals surface area contributed by atoms with Crippen LogP contribution in [0.15, 0.2) is 41.5 Å². The number of aromatic hydroxyl groups is 1. The van der Waals surface area contributed by atoms with E-state index < -0.39 is 11.6 Å². The minimum Gasteiger partial charge on any atom is -0.504 e. The van der Waals surface area contributed by atoms with Gasteiger partial charge in [0.25, 0.3) is 5.56 Å². The molecule has 1 aliphatic heterocycles. The fraction of sp³-hybridized carbons (Fsp3) is 0.250. The van der Waals surface area contributed by atoms with E-state index in [1.807, 2.05) is 0 Å². The largest absolute Gasteiger partial charge is 0.504 e. The van der Waals surface area contributed by atoms with Gasteiger partial charge in [-0.05, 0) is 24.3 Å². The molecule has 4 aromatic rings. The van der Waals surface area contributed by atoms with Crippen molar-refractivity contribution < 1.29 is 9.50 Å². The second-order valence-electron chi connectivity index (χ2n) is 7.13. The number of hydrogen-bond acceptors (Lipinski definition) is 6. The van der Waals surface area contributed by atoms with Gasteiger partial charge in [-0.15, -0.1) is 0 Å². The summed E-state index contributed by atoms with van der Waals surface area (Å²) in [6, 6.07) is 6.78. The van der Waals surface area contributed by atoms with E-state index in [0.29, 0.717) is 22.4 Å². The number of piperazine rings is 1. The Hall–Kier alpha value is -3.46. The fourth-order valence-corrected chi connectivity index (χ4v) is 3.80. The van der Waals surface area contributed by atoms with Crippen LogP contribution in [0, 0.1) is 5.82 Å². The molecule has 148 valence electrons. The molecule has 2 N–H and O–H groups in total. The van der Waals surface area contributed by atoms with Crippen LogP contribution in [0.3, 0.4) is 0 Å². The van der Waals surface area contributed by atoms with E-state index in [-0.39, 0.29) is 16.6 Å². The fourth-order valence-electron chi connectivity index (χ4n) is 3.80. The molecular formula is C20H19FN6O2. The number of nitrogens with zero attached hydrogens (tertiary/aromatic N) is 5. The molecule has 0 spiro atoms. The summed E-state index contributed by atoms with van der Waals surface area (Å²) in [4.78, 5) is 19.5. The molecule has 4 heterocycles. The quantitative estimate of drug-likeness (QED) is 0.536. The number of phenolic OH excluding ortho intramolecular Hbond substituents is 1. The number of hydrogen-bond donors (Lipinski definition) is 2. The summed E-state index contributed by atoms with van der Waals surface area (Å²) in [5.74, 6) is -1.29. The van der Waals surface area contributed by atoms with Gasteiger partial charge >= 0.3 is 0 Å². The minimum absolute atomic E-state index is 0.103. The maximum absolute atomic E-state index is 14.6. The summed E-state index contributed by atoms with van der Waals surface area (Å²) in [5, 5.41) is 18.2. The molecule has 8 nitrogen and oxygen atoms in total. The van der Waals surface area contributed by atoms with Crippen molar-refractivity contribution in [1.82, 2.24) is 24.5 Å². The highest BCUT2D eigenvalue weighted by Crippen LogP contribution is 2.35. The molecule has 0 aliphatic carbocycles. The molecule has 0 atom stereocenters. The molecule has 0 bridgehead atoms. The van der Waals surface area contributed by atoms with Crippen molar-refractivity contribution in [2.75, 3.05) is 31.1 Å². The Morgan fingerprint density at radius 2 is 2.00 bits per heavy atom. The van der Waals surface area contributed by atoms with Crippen molar-refractivity contribution in [3.05, 3.63) is 52.8 Å². The molecule has 0 amide bonds. The number of aromatic nitrogens is 4. The molecule has 1 aliphatic rings. The normalized spacial score (nSPS) is 14.8. The number of aryl methyl sites for hydroxylation is 1.